The Balaban J connectivity index is 1.82. The van der Waals surface area contributed by atoms with Crippen LogP contribution in [-0.4, -0.2) is 22.3 Å². The van der Waals surface area contributed by atoms with Crippen LogP contribution in [0.1, 0.15) is 16.8 Å². The molecule has 0 spiro atoms. The number of ether oxygens (including phenoxy) is 1. The van der Waals surface area contributed by atoms with Crippen LogP contribution < -0.4 is 16.2 Å². The average Bonchev–Trinajstić information content (AvgIpc) is 2.77. The number of hydrogen-bond donors (Lipinski definition) is 2. The zero-order chi connectivity index (χ0) is 13.7. The summed E-state index contributed by atoms with van der Waals surface area (Å²) in [5.74, 6) is 0.560. The molecule has 0 fully saturated rings. The third-order valence-electron chi connectivity index (χ3n) is 2.67. The molecule has 1 aromatic carbocycles. The molecule has 0 saturated carbocycles. The molecule has 100 valence electrons. The number of benzene rings is 1. The van der Waals surface area contributed by atoms with Crippen molar-refractivity contribution in [2.45, 2.75) is 13.0 Å². The number of carbonyl (C=O) groups excluding carboxylic acids is 1. The Morgan fingerprint density at radius 1 is 1.32 bits per heavy atom. The molecule has 2 aromatic rings. The smallest absolute Gasteiger partial charge is 0.254 e. The van der Waals surface area contributed by atoms with Gasteiger partial charge in [-0.05, 0) is 12.1 Å². The molecule has 6 heteroatoms. The maximum Gasteiger partial charge on any atom is 0.254 e. The van der Waals surface area contributed by atoms with Gasteiger partial charge in [-0.25, -0.2) is 4.68 Å². The molecule has 4 N–H and O–H groups in total. The first-order valence-corrected chi connectivity index (χ1v) is 5.97. The highest BCUT2D eigenvalue weighted by molar-refractivity contribution is 5.96. The van der Waals surface area contributed by atoms with Gasteiger partial charge >= 0.3 is 0 Å². The lowest BCUT2D eigenvalue weighted by Crippen LogP contribution is -2.14. The van der Waals surface area contributed by atoms with Crippen LogP contribution in [0.4, 0.5) is 5.82 Å². The van der Waals surface area contributed by atoms with E-state index in [4.69, 9.17) is 16.2 Å². The molecule has 19 heavy (non-hydrogen) atoms. The number of rotatable bonds is 6. The van der Waals surface area contributed by atoms with Gasteiger partial charge in [0, 0.05) is 13.0 Å². The van der Waals surface area contributed by atoms with Gasteiger partial charge in [0.15, 0.2) is 0 Å². The number of aromatic nitrogens is 2. The van der Waals surface area contributed by atoms with Crippen molar-refractivity contribution in [2.24, 2.45) is 5.73 Å². The number of para-hydroxylation sites is 1. The fraction of sp³-hybridized carbons (Fsp3) is 0.231. The van der Waals surface area contributed by atoms with E-state index in [1.807, 2.05) is 30.3 Å². The van der Waals surface area contributed by atoms with Gasteiger partial charge in [-0.2, -0.15) is 5.10 Å². The Kier molecular flexibility index (Phi) is 4.02. The van der Waals surface area contributed by atoms with Gasteiger partial charge in [-0.1, -0.05) is 18.2 Å². The third-order valence-corrected chi connectivity index (χ3v) is 2.67. The van der Waals surface area contributed by atoms with Gasteiger partial charge in [0.2, 0.25) is 0 Å². The minimum Gasteiger partial charge on any atom is -0.494 e. The Hall–Kier alpha value is -2.50. The second-order valence-electron chi connectivity index (χ2n) is 4.05. The van der Waals surface area contributed by atoms with Crippen molar-refractivity contribution in [2.75, 3.05) is 12.3 Å². The van der Waals surface area contributed by atoms with Crippen molar-refractivity contribution in [3.8, 4) is 5.75 Å². The number of hydrogen-bond acceptors (Lipinski definition) is 4. The van der Waals surface area contributed by atoms with Gasteiger partial charge in [-0.3, -0.25) is 4.79 Å². The molecule has 1 amide bonds. The molecule has 0 aliphatic carbocycles. The van der Waals surface area contributed by atoms with Gasteiger partial charge in [0.1, 0.15) is 17.1 Å². The summed E-state index contributed by atoms with van der Waals surface area (Å²) in [5, 5.41) is 4.02. The Labute approximate surface area is 111 Å². The summed E-state index contributed by atoms with van der Waals surface area (Å²) in [6.45, 7) is 1.13. The van der Waals surface area contributed by atoms with Crippen molar-refractivity contribution in [3.05, 3.63) is 42.1 Å². The van der Waals surface area contributed by atoms with Crippen molar-refractivity contribution in [1.29, 1.82) is 0 Å². The lowest BCUT2D eigenvalue weighted by Gasteiger charge is -2.07. The Morgan fingerprint density at radius 2 is 2.05 bits per heavy atom. The minimum absolute atomic E-state index is 0.254. The summed E-state index contributed by atoms with van der Waals surface area (Å²) >= 11 is 0. The van der Waals surface area contributed by atoms with E-state index in [2.05, 4.69) is 5.10 Å². The molecule has 0 bridgehead atoms. The number of anilines is 1. The number of amides is 1. The van der Waals surface area contributed by atoms with Crippen LogP contribution in [0.5, 0.6) is 5.75 Å². The topological polar surface area (TPSA) is 96.2 Å². The highest BCUT2D eigenvalue weighted by Gasteiger charge is 2.11. The molecular weight excluding hydrogens is 244 g/mol. The van der Waals surface area contributed by atoms with Crippen LogP contribution in [0.15, 0.2) is 36.5 Å². The maximum absolute atomic E-state index is 11.0. The maximum atomic E-state index is 11.0. The van der Waals surface area contributed by atoms with Gasteiger partial charge in [0.05, 0.1) is 12.8 Å². The first-order valence-electron chi connectivity index (χ1n) is 5.97. The van der Waals surface area contributed by atoms with E-state index in [0.717, 1.165) is 12.2 Å². The molecular formula is C13H16N4O2. The summed E-state index contributed by atoms with van der Waals surface area (Å²) in [6, 6.07) is 9.56. The molecule has 6 nitrogen and oxygen atoms in total. The SMILES string of the molecule is NC(=O)c1cnn(CCCOc2ccccc2)c1N. The van der Waals surface area contributed by atoms with E-state index in [1.54, 1.807) is 4.68 Å². The number of nitrogen functional groups attached to an aromatic ring is 1. The fourth-order valence-corrected chi connectivity index (χ4v) is 1.68. The first-order chi connectivity index (χ1) is 9.18. The molecule has 1 aromatic heterocycles. The zero-order valence-corrected chi connectivity index (χ0v) is 10.5. The molecule has 0 saturated heterocycles. The predicted molar refractivity (Wildman–Crippen MR) is 71.7 cm³/mol. The van der Waals surface area contributed by atoms with Crippen molar-refractivity contribution in [3.63, 3.8) is 0 Å². The molecule has 0 atom stereocenters. The van der Waals surface area contributed by atoms with Crippen LogP contribution >= 0.6 is 0 Å². The van der Waals surface area contributed by atoms with Gasteiger partial charge in [0.25, 0.3) is 5.91 Å². The van der Waals surface area contributed by atoms with Crippen LogP contribution in [0, 0.1) is 0 Å². The monoisotopic (exact) mass is 260 g/mol. The number of primary amides is 1. The summed E-state index contributed by atoms with van der Waals surface area (Å²) in [7, 11) is 0. The van der Waals surface area contributed by atoms with Crippen molar-refractivity contribution < 1.29 is 9.53 Å². The second kappa shape index (κ2) is 5.90. The Bertz CT molecular complexity index is 551. The lowest BCUT2D eigenvalue weighted by atomic mass is 10.3. The third kappa shape index (κ3) is 3.25. The summed E-state index contributed by atoms with van der Waals surface area (Å²) in [4.78, 5) is 11.0. The predicted octanol–water partition coefficient (Wildman–Crippen LogP) is 1.03. The fourth-order valence-electron chi connectivity index (χ4n) is 1.68. The van der Waals surface area contributed by atoms with Crippen molar-refractivity contribution >= 4 is 11.7 Å². The molecule has 0 unspecified atom stereocenters. The van der Waals surface area contributed by atoms with Gasteiger partial charge < -0.3 is 16.2 Å². The van der Waals surface area contributed by atoms with Crippen LogP contribution in [-0.2, 0) is 6.54 Å². The second-order valence-corrected chi connectivity index (χ2v) is 4.05. The Morgan fingerprint density at radius 3 is 2.68 bits per heavy atom. The van der Waals surface area contributed by atoms with E-state index in [-0.39, 0.29) is 5.56 Å². The largest absolute Gasteiger partial charge is 0.494 e. The summed E-state index contributed by atoms with van der Waals surface area (Å²) < 4.78 is 7.10. The van der Waals surface area contributed by atoms with Crippen molar-refractivity contribution in [1.82, 2.24) is 9.78 Å². The lowest BCUT2D eigenvalue weighted by molar-refractivity contribution is 0.100. The zero-order valence-electron chi connectivity index (χ0n) is 10.5. The van der Waals surface area contributed by atoms with Gasteiger partial charge in [-0.15, -0.1) is 0 Å². The van der Waals surface area contributed by atoms with Crippen LogP contribution in [0.3, 0.4) is 0 Å². The van der Waals surface area contributed by atoms with E-state index in [0.29, 0.717) is 19.0 Å². The van der Waals surface area contributed by atoms with Crippen LogP contribution in [0.25, 0.3) is 0 Å². The molecule has 0 radical (unpaired) electrons. The molecule has 0 aliphatic rings. The highest BCUT2D eigenvalue weighted by Crippen LogP contribution is 2.11. The standard InChI is InChI=1S/C13H16N4O2/c14-12-11(13(15)18)9-16-17(12)7-4-8-19-10-5-2-1-3-6-10/h1-3,5-6,9H,4,7-8,14H2,(H2,15,18). The molecule has 1 heterocycles. The number of nitrogens with two attached hydrogens (primary N) is 2. The number of carbonyl (C=O) groups is 1. The first kappa shape index (κ1) is 12.9. The van der Waals surface area contributed by atoms with Crippen LogP contribution in [0.2, 0.25) is 0 Å². The quantitative estimate of drug-likeness (QED) is 0.758. The normalized spacial score (nSPS) is 10.3. The number of aryl methyl sites for hydroxylation is 1. The van der Waals surface area contributed by atoms with E-state index in [1.165, 1.54) is 6.20 Å². The average molecular weight is 260 g/mol. The minimum atomic E-state index is -0.565. The molecule has 2 rings (SSSR count). The highest BCUT2D eigenvalue weighted by atomic mass is 16.5. The van der Waals surface area contributed by atoms with E-state index < -0.39 is 5.91 Å². The number of nitrogens with zero attached hydrogens (tertiary/aromatic N) is 2. The summed E-state index contributed by atoms with van der Waals surface area (Å²) in [5.41, 5.74) is 11.2. The molecule has 0 aliphatic heterocycles. The summed E-state index contributed by atoms with van der Waals surface area (Å²) in [6.07, 6.45) is 2.12. The van der Waals surface area contributed by atoms with E-state index >= 15 is 0 Å². The van der Waals surface area contributed by atoms with E-state index in [9.17, 15) is 4.79 Å².